The Bertz CT molecular complexity index is 628. The number of hydrogen-bond acceptors (Lipinski definition) is 2. The normalized spacial score (nSPS) is 10.3. The van der Waals surface area contributed by atoms with Crippen molar-refractivity contribution in [2.75, 3.05) is 6.61 Å². The first-order valence-corrected chi connectivity index (χ1v) is 7.83. The molecule has 0 unspecified atom stereocenters. The molecule has 0 aliphatic heterocycles. The fourth-order valence-electron chi connectivity index (χ4n) is 2.02. The number of ether oxygens (including phenoxy) is 1. The van der Waals surface area contributed by atoms with Crippen LogP contribution in [0, 0.1) is 0 Å². The van der Waals surface area contributed by atoms with Crippen molar-refractivity contribution in [2.24, 2.45) is 0 Å². The Morgan fingerprint density at radius 2 is 1.86 bits per heavy atom. The fourth-order valence-corrected chi connectivity index (χ4v) is 2.22. The van der Waals surface area contributed by atoms with Crippen LogP contribution in [0.15, 0.2) is 48.5 Å². The molecule has 0 aliphatic rings. The fraction of sp³-hybridized carbons (Fsp3) is 0.278. The van der Waals surface area contributed by atoms with Crippen molar-refractivity contribution in [2.45, 2.75) is 26.3 Å². The van der Waals surface area contributed by atoms with Crippen LogP contribution >= 0.6 is 11.6 Å². The Morgan fingerprint density at radius 1 is 1.14 bits per heavy atom. The number of halogens is 1. The van der Waals surface area contributed by atoms with Gasteiger partial charge in [-0.15, -0.1) is 0 Å². The van der Waals surface area contributed by atoms with Crippen molar-refractivity contribution in [1.29, 1.82) is 0 Å². The summed E-state index contributed by atoms with van der Waals surface area (Å²) in [6.45, 7) is 3.11. The van der Waals surface area contributed by atoms with E-state index in [9.17, 15) is 4.79 Å². The van der Waals surface area contributed by atoms with Gasteiger partial charge in [0.2, 0.25) is 0 Å². The molecular formula is C18H20ClNO2. The van der Waals surface area contributed by atoms with E-state index in [2.05, 4.69) is 12.2 Å². The first kappa shape index (κ1) is 16.4. The molecule has 0 aliphatic carbocycles. The molecule has 4 heteroatoms. The van der Waals surface area contributed by atoms with Gasteiger partial charge in [-0.25, -0.2) is 0 Å². The van der Waals surface area contributed by atoms with Crippen LogP contribution in [0.4, 0.5) is 0 Å². The standard InChI is InChI=1S/C18H20ClNO2/c1-2-3-12-22-17-11-7-5-9-15(17)18(21)20-13-14-8-4-6-10-16(14)19/h4-11H,2-3,12-13H2,1H3,(H,20,21). The molecule has 2 aromatic rings. The molecule has 3 nitrogen and oxygen atoms in total. The lowest BCUT2D eigenvalue weighted by Crippen LogP contribution is -2.23. The highest BCUT2D eigenvalue weighted by Gasteiger charge is 2.12. The first-order valence-electron chi connectivity index (χ1n) is 7.45. The average Bonchev–Trinajstić information content (AvgIpc) is 2.54. The van der Waals surface area contributed by atoms with Gasteiger partial charge in [0.1, 0.15) is 5.75 Å². The SMILES string of the molecule is CCCCOc1ccccc1C(=O)NCc1ccccc1Cl. The zero-order chi connectivity index (χ0) is 15.8. The second kappa shape index (κ2) is 8.44. The van der Waals surface area contributed by atoms with E-state index in [-0.39, 0.29) is 5.91 Å². The molecule has 0 bridgehead atoms. The highest BCUT2D eigenvalue weighted by Crippen LogP contribution is 2.19. The molecule has 1 amide bonds. The zero-order valence-corrected chi connectivity index (χ0v) is 13.4. The molecule has 116 valence electrons. The summed E-state index contributed by atoms with van der Waals surface area (Å²) in [5, 5.41) is 3.53. The molecule has 0 radical (unpaired) electrons. The molecule has 2 rings (SSSR count). The minimum atomic E-state index is -0.160. The van der Waals surface area contributed by atoms with Gasteiger partial charge in [-0.3, -0.25) is 4.79 Å². The summed E-state index contributed by atoms with van der Waals surface area (Å²) in [6.07, 6.45) is 2.02. The summed E-state index contributed by atoms with van der Waals surface area (Å²) in [7, 11) is 0. The second-order valence-corrected chi connectivity index (χ2v) is 5.38. The van der Waals surface area contributed by atoms with Crippen LogP contribution in [0.2, 0.25) is 5.02 Å². The molecule has 0 aromatic heterocycles. The maximum atomic E-state index is 12.3. The third kappa shape index (κ3) is 4.50. The van der Waals surface area contributed by atoms with E-state index in [1.165, 1.54) is 0 Å². The minimum absolute atomic E-state index is 0.160. The Morgan fingerprint density at radius 3 is 2.64 bits per heavy atom. The Kier molecular flexibility index (Phi) is 6.28. The van der Waals surface area contributed by atoms with Crippen LogP contribution in [-0.4, -0.2) is 12.5 Å². The van der Waals surface area contributed by atoms with Crippen molar-refractivity contribution >= 4 is 17.5 Å². The van der Waals surface area contributed by atoms with E-state index < -0.39 is 0 Å². The van der Waals surface area contributed by atoms with Crippen molar-refractivity contribution in [3.05, 3.63) is 64.7 Å². The van der Waals surface area contributed by atoms with Gasteiger partial charge < -0.3 is 10.1 Å². The monoisotopic (exact) mass is 317 g/mol. The lowest BCUT2D eigenvalue weighted by molar-refractivity contribution is 0.0947. The van der Waals surface area contributed by atoms with Crippen LogP contribution in [-0.2, 0) is 6.54 Å². The molecule has 0 heterocycles. The summed E-state index contributed by atoms with van der Waals surface area (Å²) >= 11 is 6.09. The predicted octanol–water partition coefficient (Wildman–Crippen LogP) is 4.45. The van der Waals surface area contributed by atoms with Gasteiger partial charge >= 0.3 is 0 Å². The van der Waals surface area contributed by atoms with E-state index in [0.29, 0.717) is 29.5 Å². The smallest absolute Gasteiger partial charge is 0.255 e. The van der Waals surface area contributed by atoms with Gasteiger partial charge in [-0.05, 0) is 30.2 Å². The van der Waals surface area contributed by atoms with Gasteiger partial charge in [0.25, 0.3) is 5.91 Å². The summed E-state index contributed by atoms with van der Waals surface area (Å²) in [5.74, 6) is 0.458. The largest absolute Gasteiger partial charge is 0.493 e. The number of unbranched alkanes of at least 4 members (excludes halogenated alkanes) is 1. The number of hydrogen-bond donors (Lipinski definition) is 1. The van der Waals surface area contributed by atoms with E-state index in [1.54, 1.807) is 6.07 Å². The predicted molar refractivity (Wildman–Crippen MR) is 89.5 cm³/mol. The number of para-hydroxylation sites is 1. The lowest BCUT2D eigenvalue weighted by atomic mass is 10.1. The third-order valence-electron chi connectivity index (χ3n) is 3.28. The molecule has 0 spiro atoms. The van der Waals surface area contributed by atoms with Crippen molar-refractivity contribution < 1.29 is 9.53 Å². The van der Waals surface area contributed by atoms with E-state index in [0.717, 1.165) is 18.4 Å². The van der Waals surface area contributed by atoms with Crippen molar-refractivity contribution in [3.8, 4) is 5.75 Å². The maximum absolute atomic E-state index is 12.3. The van der Waals surface area contributed by atoms with Gasteiger partial charge in [0, 0.05) is 11.6 Å². The number of amides is 1. The summed E-state index contributed by atoms with van der Waals surface area (Å²) < 4.78 is 5.69. The van der Waals surface area contributed by atoms with Gasteiger partial charge in [-0.2, -0.15) is 0 Å². The van der Waals surface area contributed by atoms with Crippen LogP contribution in [0.1, 0.15) is 35.7 Å². The highest BCUT2D eigenvalue weighted by atomic mass is 35.5. The van der Waals surface area contributed by atoms with Crippen molar-refractivity contribution in [3.63, 3.8) is 0 Å². The van der Waals surface area contributed by atoms with Crippen molar-refractivity contribution in [1.82, 2.24) is 5.32 Å². The second-order valence-electron chi connectivity index (χ2n) is 4.97. The number of carbonyl (C=O) groups excluding carboxylic acids is 1. The van der Waals surface area contributed by atoms with Crippen LogP contribution in [0.25, 0.3) is 0 Å². The Hall–Kier alpha value is -2.00. The first-order chi connectivity index (χ1) is 10.7. The summed E-state index contributed by atoms with van der Waals surface area (Å²) in [4.78, 5) is 12.3. The summed E-state index contributed by atoms with van der Waals surface area (Å²) in [5.41, 5.74) is 1.44. The maximum Gasteiger partial charge on any atom is 0.255 e. The third-order valence-corrected chi connectivity index (χ3v) is 3.65. The Labute approximate surface area is 136 Å². The number of nitrogens with one attached hydrogen (secondary N) is 1. The molecule has 0 saturated carbocycles. The van der Waals surface area contributed by atoms with Gasteiger partial charge in [-0.1, -0.05) is 55.3 Å². The topological polar surface area (TPSA) is 38.3 Å². The molecular weight excluding hydrogens is 298 g/mol. The average molecular weight is 318 g/mol. The van der Waals surface area contributed by atoms with Crippen LogP contribution in [0.5, 0.6) is 5.75 Å². The quantitative estimate of drug-likeness (QED) is 0.766. The zero-order valence-electron chi connectivity index (χ0n) is 12.6. The van der Waals surface area contributed by atoms with Gasteiger partial charge in [0.05, 0.1) is 12.2 Å². The molecule has 0 saturated heterocycles. The van der Waals surface area contributed by atoms with Gasteiger partial charge in [0.15, 0.2) is 0 Å². The molecule has 0 atom stereocenters. The van der Waals surface area contributed by atoms with E-state index in [4.69, 9.17) is 16.3 Å². The molecule has 22 heavy (non-hydrogen) atoms. The number of rotatable bonds is 7. The van der Waals surface area contributed by atoms with Crippen LogP contribution in [0.3, 0.4) is 0 Å². The lowest BCUT2D eigenvalue weighted by Gasteiger charge is -2.12. The minimum Gasteiger partial charge on any atom is -0.493 e. The number of carbonyl (C=O) groups is 1. The van der Waals surface area contributed by atoms with E-state index >= 15 is 0 Å². The molecule has 2 aromatic carbocycles. The molecule has 0 fully saturated rings. The summed E-state index contributed by atoms with van der Waals surface area (Å²) in [6, 6.07) is 14.8. The Balaban J connectivity index is 2.01. The molecule has 1 N–H and O–H groups in total. The van der Waals surface area contributed by atoms with E-state index in [1.807, 2.05) is 42.5 Å². The van der Waals surface area contributed by atoms with Crippen LogP contribution < -0.4 is 10.1 Å². The number of benzene rings is 2. The highest BCUT2D eigenvalue weighted by molar-refractivity contribution is 6.31.